The summed E-state index contributed by atoms with van der Waals surface area (Å²) in [6.07, 6.45) is 7.91. The number of nitrogens with zero attached hydrogens (tertiary/aromatic N) is 2. The number of rotatable bonds is 5. The fraction of sp³-hybridized carbons (Fsp3) is 0.500. The van der Waals surface area contributed by atoms with Crippen LogP contribution in [0.1, 0.15) is 29.7 Å². The fourth-order valence-electron chi connectivity index (χ4n) is 3.64. The number of aryl methyl sites for hydroxylation is 3. The van der Waals surface area contributed by atoms with Gasteiger partial charge in [0.05, 0.1) is 0 Å². The van der Waals surface area contributed by atoms with Crippen LogP contribution in [0.15, 0.2) is 36.5 Å². The van der Waals surface area contributed by atoms with Crippen LogP contribution in [0.25, 0.3) is 0 Å². The Hall–Kier alpha value is -1.61. The van der Waals surface area contributed by atoms with Crippen LogP contribution in [0, 0.1) is 5.92 Å². The van der Waals surface area contributed by atoms with Gasteiger partial charge in [0.2, 0.25) is 0 Å². The zero-order valence-corrected chi connectivity index (χ0v) is 13.0. The van der Waals surface area contributed by atoms with E-state index in [9.17, 15) is 0 Å². The summed E-state index contributed by atoms with van der Waals surface area (Å²) in [5, 5.41) is 7.81. The van der Waals surface area contributed by atoms with Crippen molar-refractivity contribution in [1.29, 1.82) is 0 Å². The van der Waals surface area contributed by atoms with E-state index < -0.39 is 0 Å². The number of hydrogen-bond donors (Lipinski definition) is 1. The molecule has 2 atom stereocenters. The smallest absolute Gasteiger partial charge is 0.0492 e. The Morgan fingerprint density at radius 2 is 2.10 bits per heavy atom. The Balaban J connectivity index is 1.63. The van der Waals surface area contributed by atoms with Crippen LogP contribution in [-0.4, -0.2) is 22.9 Å². The first-order chi connectivity index (χ1) is 10.3. The number of nitrogens with one attached hydrogen (secondary N) is 1. The standard InChI is InChI=1S/C18H25N3/c1-19-18(10-9-17-11-12-20-21(17)2)16-8-7-14-5-3-4-6-15(14)13-16/h3-6,11-12,16,18-19H,7-10,13H2,1-2H3. The van der Waals surface area contributed by atoms with Gasteiger partial charge in [-0.2, -0.15) is 5.10 Å². The van der Waals surface area contributed by atoms with Crippen LogP contribution in [0.5, 0.6) is 0 Å². The molecule has 0 bridgehead atoms. The van der Waals surface area contributed by atoms with Gasteiger partial charge in [-0.25, -0.2) is 0 Å². The lowest BCUT2D eigenvalue weighted by Gasteiger charge is -2.31. The monoisotopic (exact) mass is 283 g/mol. The van der Waals surface area contributed by atoms with E-state index in [0.29, 0.717) is 6.04 Å². The molecule has 1 N–H and O–H groups in total. The van der Waals surface area contributed by atoms with Gasteiger partial charge >= 0.3 is 0 Å². The molecule has 3 rings (SSSR count). The summed E-state index contributed by atoms with van der Waals surface area (Å²) in [6, 6.07) is 11.6. The number of hydrogen-bond acceptors (Lipinski definition) is 2. The molecule has 0 radical (unpaired) electrons. The average molecular weight is 283 g/mol. The molecule has 0 fully saturated rings. The average Bonchev–Trinajstić information content (AvgIpc) is 2.93. The van der Waals surface area contributed by atoms with Gasteiger partial charge in [0.25, 0.3) is 0 Å². The van der Waals surface area contributed by atoms with Gasteiger partial charge in [0.15, 0.2) is 0 Å². The van der Waals surface area contributed by atoms with E-state index in [1.54, 1.807) is 11.1 Å². The largest absolute Gasteiger partial charge is 0.317 e. The SMILES string of the molecule is CNC(CCc1ccnn1C)C1CCc2ccccc2C1. The fourth-order valence-corrected chi connectivity index (χ4v) is 3.64. The Kier molecular flexibility index (Phi) is 4.39. The zero-order chi connectivity index (χ0) is 14.7. The van der Waals surface area contributed by atoms with Crippen molar-refractivity contribution in [2.45, 2.75) is 38.1 Å². The van der Waals surface area contributed by atoms with Crippen LogP contribution >= 0.6 is 0 Å². The van der Waals surface area contributed by atoms with Crippen LogP contribution in [0.4, 0.5) is 0 Å². The molecule has 1 heterocycles. The highest BCUT2D eigenvalue weighted by molar-refractivity contribution is 5.30. The lowest BCUT2D eigenvalue weighted by Crippen LogP contribution is -2.37. The molecule has 2 unspecified atom stereocenters. The van der Waals surface area contributed by atoms with Crippen LogP contribution in [0.3, 0.4) is 0 Å². The molecule has 3 nitrogen and oxygen atoms in total. The maximum atomic E-state index is 4.26. The van der Waals surface area contributed by atoms with E-state index in [0.717, 1.165) is 12.3 Å². The maximum Gasteiger partial charge on any atom is 0.0492 e. The van der Waals surface area contributed by atoms with Gasteiger partial charge in [-0.3, -0.25) is 4.68 Å². The summed E-state index contributed by atoms with van der Waals surface area (Å²) in [5.74, 6) is 0.748. The maximum absolute atomic E-state index is 4.26. The molecule has 112 valence electrons. The first-order valence-corrected chi connectivity index (χ1v) is 7.99. The minimum absolute atomic E-state index is 0.591. The molecule has 0 amide bonds. The van der Waals surface area contributed by atoms with Crippen molar-refractivity contribution in [3.8, 4) is 0 Å². The van der Waals surface area contributed by atoms with Gasteiger partial charge in [-0.1, -0.05) is 24.3 Å². The topological polar surface area (TPSA) is 29.9 Å². The molecular weight excluding hydrogens is 258 g/mol. The summed E-state index contributed by atoms with van der Waals surface area (Å²) < 4.78 is 1.99. The molecule has 0 aliphatic heterocycles. The second-order valence-corrected chi connectivity index (χ2v) is 6.15. The molecular formula is C18H25N3. The first-order valence-electron chi connectivity index (χ1n) is 7.99. The third-order valence-electron chi connectivity index (χ3n) is 4.96. The van der Waals surface area contributed by atoms with Crippen molar-refractivity contribution in [2.24, 2.45) is 13.0 Å². The molecule has 1 aromatic carbocycles. The van der Waals surface area contributed by atoms with E-state index in [2.05, 4.69) is 47.8 Å². The van der Waals surface area contributed by atoms with Crippen molar-refractivity contribution in [3.63, 3.8) is 0 Å². The third-order valence-corrected chi connectivity index (χ3v) is 4.96. The number of fused-ring (bicyclic) bond motifs is 1. The van der Waals surface area contributed by atoms with E-state index in [1.807, 2.05) is 17.9 Å². The number of benzene rings is 1. The van der Waals surface area contributed by atoms with Gasteiger partial charge in [-0.15, -0.1) is 0 Å². The zero-order valence-electron chi connectivity index (χ0n) is 13.0. The third kappa shape index (κ3) is 3.18. The highest BCUT2D eigenvalue weighted by Crippen LogP contribution is 2.28. The highest BCUT2D eigenvalue weighted by Gasteiger charge is 2.25. The van der Waals surface area contributed by atoms with Crippen molar-refractivity contribution >= 4 is 0 Å². The van der Waals surface area contributed by atoms with Crippen LogP contribution in [-0.2, 0) is 26.3 Å². The van der Waals surface area contributed by atoms with Crippen molar-refractivity contribution in [3.05, 3.63) is 53.3 Å². The van der Waals surface area contributed by atoms with Crippen LogP contribution in [0.2, 0.25) is 0 Å². The molecule has 0 saturated carbocycles. The summed E-state index contributed by atoms with van der Waals surface area (Å²) in [4.78, 5) is 0. The molecule has 0 saturated heterocycles. The highest BCUT2D eigenvalue weighted by atomic mass is 15.2. The predicted molar refractivity (Wildman–Crippen MR) is 86.3 cm³/mol. The summed E-state index contributed by atoms with van der Waals surface area (Å²) in [5.41, 5.74) is 4.43. The van der Waals surface area contributed by atoms with Gasteiger partial charge in [0.1, 0.15) is 0 Å². The van der Waals surface area contributed by atoms with Gasteiger partial charge < -0.3 is 5.32 Å². The molecule has 3 heteroatoms. The minimum Gasteiger partial charge on any atom is -0.317 e. The normalized spacial score (nSPS) is 19.2. The molecule has 1 aromatic heterocycles. The van der Waals surface area contributed by atoms with E-state index >= 15 is 0 Å². The Labute approximate surface area is 127 Å². The molecule has 0 spiro atoms. The molecule has 2 aromatic rings. The minimum atomic E-state index is 0.591. The summed E-state index contributed by atoms with van der Waals surface area (Å²) >= 11 is 0. The molecule has 21 heavy (non-hydrogen) atoms. The second-order valence-electron chi connectivity index (χ2n) is 6.15. The van der Waals surface area contributed by atoms with Gasteiger partial charge in [0, 0.05) is 25.0 Å². The lowest BCUT2D eigenvalue weighted by molar-refractivity contribution is 0.318. The predicted octanol–water partition coefficient (Wildman–Crippen LogP) is 2.75. The second kappa shape index (κ2) is 6.44. The van der Waals surface area contributed by atoms with E-state index in [4.69, 9.17) is 0 Å². The molecule has 1 aliphatic carbocycles. The number of aromatic nitrogens is 2. The van der Waals surface area contributed by atoms with Gasteiger partial charge in [-0.05, 0) is 62.3 Å². The van der Waals surface area contributed by atoms with Crippen molar-refractivity contribution < 1.29 is 0 Å². The summed E-state index contributed by atoms with van der Waals surface area (Å²) in [6.45, 7) is 0. The Morgan fingerprint density at radius 3 is 2.81 bits per heavy atom. The van der Waals surface area contributed by atoms with Crippen LogP contribution < -0.4 is 5.32 Å². The van der Waals surface area contributed by atoms with E-state index in [-0.39, 0.29) is 0 Å². The Bertz CT molecular complexity index is 588. The lowest BCUT2D eigenvalue weighted by atomic mass is 9.79. The van der Waals surface area contributed by atoms with Crippen molar-refractivity contribution in [1.82, 2.24) is 15.1 Å². The Morgan fingerprint density at radius 1 is 1.29 bits per heavy atom. The first kappa shape index (κ1) is 14.3. The summed E-state index contributed by atoms with van der Waals surface area (Å²) in [7, 11) is 4.13. The van der Waals surface area contributed by atoms with E-state index in [1.165, 1.54) is 31.4 Å². The van der Waals surface area contributed by atoms with Crippen molar-refractivity contribution in [2.75, 3.05) is 7.05 Å². The molecule has 1 aliphatic rings. The quantitative estimate of drug-likeness (QED) is 0.914.